The third-order valence-electron chi connectivity index (χ3n) is 4.56. The molecule has 7 nitrogen and oxygen atoms in total. The van der Waals surface area contributed by atoms with Crippen molar-refractivity contribution >= 4 is 18.0 Å². The smallest absolute Gasteiger partial charge is 0.336 e. The summed E-state index contributed by atoms with van der Waals surface area (Å²) in [5.74, 6) is -4.55. The Labute approximate surface area is 161 Å². The van der Waals surface area contributed by atoms with Gasteiger partial charge in [0.1, 0.15) is 11.5 Å². The van der Waals surface area contributed by atoms with Crippen LogP contribution in [0, 0.1) is 12.8 Å². The van der Waals surface area contributed by atoms with Gasteiger partial charge in [0.05, 0.1) is 5.92 Å². The number of phenols is 2. The number of aliphatic hydroxyl groups is 1. The van der Waals surface area contributed by atoms with Gasteiger partial charge in [0.25, 0.3) is 0 Å². The molecule has 2 aromatic carbocycles. The highest BCUT2D eigenvalue weighted by Gasteiger charge is 2.47. The zero-order valence-corrected chi connectivity index (χ0v) is 15.2. The van der Waals surface area contributed by atoms with E-state index >= 15 is 0 Å². The van der Waals surface area contributed by atoms with Crippen LogP contribution in [0.15, 0.2) is 48.5 Å². The van der Waals surface area contributed by atoms with Gasteiger partial charge in [-0.25, -0.2) is 4.79 Å². The van der Waals surface area contributed by atoms with Crippen molar-refractivity contribution in [2.45, 2.75) is 25.4 Å². The summed E-state index contributed by atoms with van der Waals surface area (Å²) >= 11 is 0. The number of allylic oxidation sites excluding steroid dienone is 1. The summed E-state index contributed by atoms with van der Waals surface area (Å²) < 4.78 is 0. The molecule has 0 aromatic heterocycles. The number of aromatic hydroxyl groups is 2. The van der Waals surface area contributed by atoms with Gasteiger partial charge in [-0.2, -0.15) is 0 Å². The van der Waals surface area contributed by atoms with Crippen LogP contribution < -0.4 is 0 Å². The Morgan fingerprint density at radius 1 is 1.07 bits per heavy atom. The van der Waals surface area contributed by atoms with Crippen LogP contribution >= 0.6 is 0 Å². The Hall–Kier alpha value is -3.32. The molecule has 0 aliphatic heterocycles. The number of hydrogen-bond acceptors (Lipinski definition) is 5. The van der Waals surface area contributed by atoms with Crippen molar-refractivity contribution in [3.05, 3.63) is 65.2 Å². The minimum absolute atomic E-state index is 0.0236. The number of carboxylic acids is 2. The second kappa shape index (κ2) is 8.58. The van der Waals surface area contributed by atoms with Crippen molar-refractivity contribution in [2.24, 2.45) is 5.92 Å². The zero-order chi connectivity index (χ0) is 20.9. The summed E-state index contributed by atoms with van der Waals surface area (Å²) in [5.41, 5.74) is -0.798. The van der Waals surface area contributed by atoms with E-state index in [4.69, 9.17) is 0 Å². The molecular weight excluding hydrogens is 364 g/mol. The summed E-state index contributed by atoms with van der Waals surface area (Å²) in [7, 11) is 0. The average Bonchev–Trinajstić information content (AvgIpc) is 2.63. The van der Waals surface area contributed by atoms with Crippen LogP contribution in [0.4, 0.5) is 0 Å². The Bertz CT molecular complexity index is 886. The predicted molar refractivity (Wildman–Crippen MR) is 102 cm³/mol. The van der Waals surface area contributed by atoms with Crippen molar-refractivity contribution < 1.29 is 35.1 Å². The van der Waals surface area contributed by atoms with Gasteiger partial charge in [0, 0.05) is 6.42 Å². The van der Waals surface area contributed by atoms with Gasteiger partial charge in [-0.3, -0.25) is 4.79 Å². The van der Waals surface area contributed by atoms with Crippen LogP contribution in [-0.2, 0) is 16.0 Å². The summed E-state index contributed by atoms with van der Waals surface area (Å²) in [6, 6.07) is 10.4. The molecule has 0 aliphatic carbocycles. The first-order chi connectivity index (χ1) is 13.1. The highest BCUT2D eigenvalue weighted by molar-refractivity contribution is 5.86. The second-order valence-corrected chi connectivity index (χ2v) is 6.65. The minimum atomic E-state index is -2.53. The van der Waals surface area contributed by atoms with Crippen molar-refractivity contribution in [3.8, 4) is 11.5 Å². The number of phenolic OH excluding ortho intramolecular Hbond substituents is 2. The zero-order valence-electron chi connectivity index (χ0n) is 15.2. The second-order valence-electron chi connectivity index (χ2n) is 6.65. The molecule has 5 N–H and O–H groups in total. The molecule has 0 saturated heterocycles. The van der Waals surface area contributed by atoms with E-state index in [-0.39, 0.29) is 17.9 Å². The van der Waals surface area contributed by atoms with E-state index in [1.165, 1.54) is 36.4 Å². The first kappa shape index (κ1) is 21.0. The fraction of sp³-hybridized carbons (Fsp3) is 0.238. The molecule has 2 aromatic rings. The summed E-state index contributed by atoms with van der Waals surface area (Å²) in [6.07, 6.45) is 2.45. The quantitative estimate of drug-likeness (QED) is 0.470. The Morgan fingerprint density at radius 3 is 2.25 bits per heavy atom. The molecule has 0 aliphatic rings. The summed E-state index contributed by atoms with van der Waals surface area (Å²) in [4.78, 5) is 23.4. The molecule has 0 saturated carbocycles. The van der Waals surface area contributed by atoms with Gasteiger partial charge < -0.3 is 25.5 Å². The molecule has 0 unspecified atom stereocenters. The summed E-state index contributed by atoms with van der Waals surface area (Å²) in [5, 5.41) is 48.6. The molecule has 0 bridgehead atoms. The van der Waals surface area contributed by atoms with Crippen molar-refractivity contribution in [1.82, 2.24) is 0 Å². The van der Waals surface area contributed by atoms with E-state index in [0.29, 0.717) is 16.7 Å². The van der Waals surface area contributed by atoms with E-state index in [0.717, 1.165) is 0 Å². The molecule has 0 radical (unpaired) electrons. The van der Waals surface area contributed by atoms with E-state index < -0.39 is 29.9 Å². The van der Waals surface area contributed by atoms with Crippen molar-refractivity contribution in [2.75, 3.05) is 0 Å². The van der Waals surface area contributed by atoms with Gasteiger partial charge in [0.15, 0.2) is 5.60 Å². The number of hydrogen-bond donors (Lipinski definition) is 5. The monoisotopic (exact) mass is 386 g/mol. The lowest BCUT2D eigenvalue weighted by Crippen LogP contribution is -2.50. The number of carboxylic acid groups (broad SMARTS) is 2. The molecule has 7 heteroatoms. The Morgan fingerprint density at radius 2 is 1.71 bits per heavy atom. The van der Waals surface area contributed by atoms with Gasteiger partial charge in [-0.05, 0) is 54.3 Å². The van der Waals surface area contributed by atoms with Crippen LogP contribution in [0.2, 0.25) is 0 Å². The van der Waals surface area contributed by atoms with Gasteiger partial charge in [-0.1, -0.05) is 30.4 Å². The number of carbonyl (C=O) groups is 2. The van der Waals surface area contributed by atoms with Crippen molar-refractivity contribution in [1.29, 1.82) is 0 Å². The normalized spacial score (nSPS) is 14.5. The van der Waals surface area contributed by atoms with Crippen molar-refractivity contribution in [3.63, 3.8) is 0 Å². The Balaban J connectivity index is 2.25. The van der Waals surface area contributed by atoms with Gasteiger partial charge in [0.2, 0.25) is 0 Å². The highest BCUT2D eigenvalue weighted by atomic mass is 16.4. The third kappa shape index (κ3) is 4.89. The first-order valence-electron chi connectivity index (χ1n) is 8.56. The van der Waals surface area contributed by atoms with E-state index in [1.54, 1.807) is 25.1 Å². The maximum atomic E-state index is 11.7. The largest absolute Gasteiger partial charge is 0.508 e. The standard InChI is InChI=1S/C21H22O7/c1-13-11-14(7-10-18(13)23)3-2-4-17(19(24)25)21(28,20(26)27)12-15-5-8-16(22)9-6-15/h2-3,5-11,17,22-23,28H,4,12H2,1H3,(H,24,25)(H,26,27)/b3-2+/t17-,21-/m1/s1. The lowest BCUT2D eigenvalue weighted by atomic mass is 9.80. The van der Waals surface area contributed by atoms with Crippen LogP contribution in [0.25, 0.3) is 6.08 Å². The number of aryl methyl sites for hydroxylation is 1. The van der Waals surface area contributed by atoms with Crippen LogP contribution in [0.1, 0.15) is 23.1 Å². The van der Waals surface area contributed by atoms with E-state index in [1.807, 2.05) is 0 Å². The SMILES string of the molecule is Cc1cc(/C=C/C[C@H](C(=O)O)[C@](O)(Cc2ccc(O)cc2)C(=O)O)ccc1O. The lowest BCUT2D eigenvalue weighted by Gasteiger charge is -2.29. The molecule has 148 valence electrons. The number of aliphatic carboxylic acids is 2. The fourth-order valence-corrected chi connectivity index (χ4v) is 2.90. The van der Waals surface area contributed by atoms with E-state index in [9.17, 15) is 35.1 Å². The predicted octanol–water partition coefficient (Wildman–Crippen LogP) is 2.57. The van der Waals surface area contributed by atoms with Gasteiger partial charge in [-0.15, -0.1) is 0 Å². The first-order valence-corrected chi connectivity index (χ1v) is 8.56. The topological polar surface area (TPSA) is 135 Å². The van der Waals surface area contributed by atoms with Crippen LogP contribution in [0.5, 0.6) is 11.5 Å². The molecule has 2 rings (SSSR count). The maximum Gasteiger partial charge on any atom is 0.336 e. The number of rotatable bonds is 8. The average molecular weight is 386 g/mol. The molecule has 0 fully saturated rings. The Kier molecular flexibility index (Phi) is 6.43. The molecule has 28 heavy (non-hydrogen) atoms. The molecular formula is C21H22O7. The van der Waals surface area contributed by atoms with Crippen LogP contribution in [0.3, 0.4) is 0 Å². The summed E-state index contributed by atoms with van der Waals surface area (Å²) in [6.45, 7) is 1.72. The van der Waals surface area contributed by atoms with E-state index in [2.05, 4.69) is 0 Å². The molecule has 0 amide bonds. The molecule has 0 heterocycles. The highest BCUT2D eigenvalue weighted by Crippen LogP contribution is 2.28. The van der Waals surface area contributed by atoms with Gasteiger partial charge >= 0.3 is 11.9 Å². The number of benzene rings is 2. The van der Waals surface area contributed by atoms with Crippen LogP contribution in [-0.4, -0.2) is 43.1 Å². The minimum Gasteiger partial charge on any atom is -0.508 e. The third-order valence-corrected chi connectivity index (χ3v) is 4.56. The fourth-order valence-electron chi connectivity index (χ4n) is 2.90. The lowest BCUT2D eigenvalue weighted by molar-refractivity contribution is -0.174. The molecule has 2 atom stereocenters. The maximum absolute atomic E-state index is 11.7. The molecule has 0 spiro atoms.